The molecule has 0 N–H and O–H groups in total. The Morgan fingerprint density at radius 2 is 1.93 bits per heavy atom. The first kappa shape index (κ1) is 18.3. The number of benzene rings is 2. The minimum absolute atomic E-state index is 0.0307. The molecule has 0 bridgehead atoms. The number of hydrogen-bond acceptors (Lipinski definition) is 6. The fraction of sp³-hybridized carbons (Fsp3) is 0.304. The lowest BCUT2D eigenvalue weighted by molar-refractivity contribution is 0.310. The minimum atomic E-state index is -0.0723. The molecule has 1 aromatic heterocycles. The van der Waals surface area contributed by atoms with Gasteiger partial charge in [0.25, 0.3) is 0 Å². The summed E-state index contributed by atoms with van der Waals surface area (Å²) in [7, 11) is 3.44. The second-order valence-corrected chi connectivity index (χ2v) is 8.81. The van der Waals surface area contributed by atoms with Crippen LogP contribution in [-0.2, 0) is 0 Å². The van der Waals surface area contributed by atoms with Crippen LogP contribution in [0, 0.1) is 0 Å². The fourth-order valence-electron chi connectivity index (χ4n) is 4.34. The number of ether oxygens (including phenoxy) is 2. The maximum Gasteiger partial charge on any atom is 0.160 e. The van der Waals surface area contributed by atoms with Crippen molar-refractivity contribution in [3.8, 4) is 11.5 Å². The van der Waals surface area contributed by atoms with Gasteiger partial charge in [-0.15, -0.1) is 0 Å². The van der Waals surface area contributed by atoms with E-state index in [1.807, 2.05) is 36.2 Å². The Morgan fingerprint density at radius 1 is 1.07 bits per heavy atom. The van der Waals surface area contributed by atoms with E-state index in [9.17, 15) is 0 Å². The van der Waals surface area contributed by atoms with Crippen molar-refractivity contribution in [2.45, 2.75) is 24.3 Å². The van der Waals surface area contributed by atoms with Crippen LogP contribution in [0.25, 0.3) is 10.8 Å². The number of hydrogen-bond donors (Lipinski definition) is 0. The van der Waals surface area contributed by atoms with Crippen molar-refractivity contribution in [3.05, 3.63) is 66.0 Å². The van der Waals surface area contributed by atoms with Gasteiger partial charge in [-0.2, -0.15) is 0 Å². The van der Waals surface area contributed by atoms with Crippen molar-refractivity contribution < 1.29 is 9.47 Å². The van der Waals surface area contributed by atoms with Gasteiger partial charge in [0.1, 0.15) is 17.5 Å². The Hall–Kier alpha value is -2.73. The quantitative estimate of drug-likeness (QED) is 0.621. The Balaban J connectivity index is 1.74. The van der Waals surface area contributed by atoms with E-state index in [0.29, 0.717) is 5.25 Å². The van der Waals surface area contributed by atoms with E-state index in [-0.39, 0.29) is 12.1 Å². The summed E-state index contributed by atoms with van der Waals surface area (Å²) in [6.45, 7) is 3.21. The summed E-state index contributed by atoms with van der Waals surface area (Å²) in [4.78, 5) is 12.2. The highest BCUT2D eigenvalue weighted by molar-refractivity contribution is 8.14. The van der Waals surface area contributed by atoms with Gasteiger partial charge < -0.3 is 14.4 Å². The average molecular weight is 406 g/mol. The molecule has 1 saturated heterocycles. The molecule has 0 aliphatic carbocycles. The van der Waals surface area contributed by atoms with Crippen LogP contribution in [0.2, 0.25) is 0 Å². The van der Waals surface area contributed by atoms with Gasteiger partial charge in [0.15, 0.2) is 5.17 Å². The molecule has 3 aromatic rings. The molecule has 0 radical (unpaired) electrons. The van der Waals surface area contributed by atoms with Crippen molar-refractivity contribution >= 4 is 27.7 Å². The number of aromatic nitrogens is 1. The summed E-state index contributed by atoms with van der Waals surface area (Å²) < 4.78 is 11.4. The third-order valence-corrected chi connectivity index (χ3v) is 6.73. The Bertz CT molecular complexity index is 1080. The summed E-state index contributed by atoms with van der Waals surface area (Å²) >= 11 is 1.84. The normalized spacial score (nSPS) is 23.2. The highest BCUT2D eigenvalue weighted by Crippen LogP contribution is 2.51. The van der Waals surface area contributed by atoms with Crippen LogP contribution >= 0.6 is 11.8 Å². The van der Waals surface area contributed by atoms with Crippen LogP contribution in [0.15, 0.2) is 59.7 Å². The standard InChI is InChI=1S/C23H23N3O2S/c1-14-13-26-22(21(25-23(26)29-14)18-6-4-5-11-24-18)20-17-12-16(27-2)9-7-15(17)8-10-19(20)28-3/h4-12,14,21-22H,13H2,1-3H3/t14-,21-,22-/m1/s1. The third-order valence-electron chi connectivity index (χ3n) is 5.63. The van der Waals surface area contributed by atoms with Crippen LogP contribution in [0.3, 0.4) is 0 Å². The Labute approximate surface area is 174 Å². The first-order valence-electron chi connectivity index (χ1n) is 9.76. The molecule has 0 unspecified atom stereocenters. The smallest absolute Gasteiger partial charge is 0.160 e. The molecule has 6 heteroatoms. The summed E-state index contributed by atoms with van der Waals surface area (Å²) in [6.07, 6.45) is 1.84. The largest absolute Gasteiger partial charge is 0.497 e. The van der Waals surface area contributed by atoms with E-state index in [4.69, 9.17) is 14.5 Å². The zero-order valence-electron chi connectivity index (χ0n) is 16.7. The number of nitrogens with zero attached hydrogens (tertiary/aromatic N) is 3. The molecule has 2 aliphatic rings. The SMILES string of the molecule is COc1ccc2ccc(OC)c([C@@H]3[C@@H](c4ccccn4)N=C4S[C@H](C)CN43)c2c1. The van der Waals surface area contributed by atoms with Crippen molar-refractivity contribution in [2.24, 2.45) is 4.99 Å². The lowest BCUT2D eigenvalue weighted by atomic mass is 9.91. The topological polar surface area (TPSA) is 47.0 Å². The first-order chi connectivity index (χ1) is 14.2. The summed E-state index contributed by atoms with van der Waals surface area (Å²) in [5.41, 5.74) is 2.13. The summed E-state index contributed by atoms with van der Waals surface area (Å²) in [5, 5.41) is 3.90. The molecule has 2 aliphatic heterocycles. The molecule has 2 aromatic carbocycles. The fourth-order valence-corrected chi connectivity index (χ4v) is 5.43. The number of thioether (sulfide) groups is 1. The predicted octanol–water partition coefficient (Wildman–Crippen LogP) is 4.84. The molecular formula is C23H23N3O2S. The first-order valence-corrected chi connectivity index (χ1v) is 10.6. The van der Waals surface area contributed by atoms with Gasteiger partial charge in [0.2, 0.25) is 0 Å². The van der Waals surface area contributed by atoms with Crippen LogP contribution < -0.4 is 9.47 Å². The summed E-state index contributed by atoms with van der Waals surface area (Å²) in [5.74, 6) is 1.71. The van der Waals surface area contributed by atoms with Crippen LogP contribution in [0.5, 0.6) is 11.5 Å². The molecule has 5 nitrogen and oxygen atoms in total. The lowest BCUT2D eigenvalue weighted by Crippen LogP contribution is -2.29. The van der Waals surface area contributed by atoms with E-state index < -0.39 is 0 Å². The zero-order chi connectivity index (χ0) is 20.0. The minimum Gasteiger partial charge on any atom is -0.497 e. The molecule has 0 saturated carbocycles. The number of rotatable bonds is 4. The van der Waals surface area contributed by atoms with E-state index >= 15 is 0 Å². The van der Waals surface area contributed by atoms with Gasteiger partial charge in [-0.25, -0.2) is 0 Å². The average Bonchev–Trinajstić information content (AvgIpc) is 3.29. The van der Waals surface area contributed by atoms with Crippen LogP contribution in [0.4, 0.5) is 0 Å². The van der Waals surface area contributed by atoms with Crippen molar-refractivity contribution in [2.75, 3.05) is 20.8 Å². The summed E-state index contributed by atoms with van der Waals surface area (Å²) in [6, 6.07) is 16.4. The van der Waals surface area contributed by atoms with Crippen molar-refractivity contribution in [1.82, 2.24) is 9.88 Å². The molecule has 3 heterocycles. The van der Waals surface area contributed by atoms with Crippen LogP contribution in [0.1, 0.15) is 30.3 Å². The highest BCUT2D eigenvalue weighted by Gasteiger charge is 2.45. The number of amidine groups is 1. The second kappa shape index (κ2) is 7.26. The van der Waals surface area contributed by atoms with Gasteiger partial charge >= 0.3 is 0 Å². The molecule has 148 valence electrons. The maximum absolute atomic E-state index is 5.85. The number of fused-ring (bicyclic) bond motifs is 2. The maximum atomic E-state index is 5.85. The van der Waals surface area contributed by atoms with E-state index in [0.717, 1.165) is 45.2 Å². The number of methoxy groups -OCH3 is 2. The molecule has 0 amide bonds. The van der Waals surface area contributed by atoms with Crippen LogP contribution in [-0.4, -0.2) is 41.1 Å². The number of aliphatic imine (C=N–C) groups is 1. The predicted molar refractivity (Wildman–Crippen MR) is 118 cm³/mol. The molecule has 29 heavy (non-hydrogen) atoms. The zero-order valence-corrected chi connectivity index (χ0v) is 17.5. The van der Waals surface area contributed by atoms with Crippen molar-refractivity contribution in [1.29, 1.82) is 0 Å². The van der Waals surface area contributed by atoms with Gasteiger partial charge in [0, 0.05) is 23.6 Å². The highest BCUT2D eigenvalue weighted by atomic mass is 32.2. The van der Waals surface area contributed by atoms with Gasteiger partial charge in [-0.05, 0) is 41.1 Å². The third kappa shape index (κ3) is 3.02. The molecule has 3 atom stereocenters. The number of pyridine rings is 1. The van der Waals surface area contributed by atoms with E-state index in [1.54, 1.807) is 14.2 Å². The van der Waals surface area contributed by atoms with Crippen molar-refractivity contribution in [3.63, 3.8) is 0 Å². The Kier molecular flexibility index (Phi) is 4.59. The van der Waals surface area contributed by atoms with Gasteiger partial charge in [0.05, 0.1) is 26.0 Å². The molecule has 1 fully saturated rings. The van der Waals surface area contributed by atoms with E-state index in [2.05, 4.69) is 47.1 Å². The lowest BCUT2D eigenvalue weighted by Gasteiger charge is -2.29. The Morgan fingerprint density at radius 3 is 2.69 bits per heavy atom. The van der Waals surface area contributed by atoms with Gasteiger partial charge in [-0.3, -0.25) is 9.98 Å². The molecular weight excluding hydrogens is 382 g/mol. The van der Waals surface area contributed by atoms with Gasteiger partial charge in [-0.1, -0.05) is 36.9 Å². The van der Waals surface area contributed by atoms with E-state index in [1.165, 1.54) is 0 Å². The second-order valence-electron chi connectivity index (χ2n) is 7.41. The molecule has 0 spiro atoms. The monoisotopic (exact) mass is 405 g/mol. The molecule has 5 rings (SSSR count).